The van der Waals surface area contributed by atoms with Gasteiger partial charge in [-0.15, -0.1) is 0 Å². The predicted molar refractivity (Wildman–Crippen MR) is 122 cm³/mol. The highest BCUT2D eigenvalue weighted by molar-refractivity contribution is 5.95. The highest BCUT2D eigenvalue weighted by Gasteiger charge is 2.29. The van der Waals surface area contributed by atoms with E-state index in [0.29, 0.717) is 31.7 Å². The van der Waals surface area contributed by atoms with Gasteiger partial charge in [0.25, 0.3) is 5.91 Å². The number of methoxy groups -OCH3 is 1. The summed E-state index contributed by atoms with van der Waals surface area (Å²) >= 11 is 0. The van der Waals surface area contributed by atoms with Gasteiger partial charge < -0.3 is 9.64 Å². The van der Waals surface area contributed by atoms with E-state index in [1.165, 1.54) is 30.4 Å². The van der Waals surface area contributed by atoms with Crippen LogP contribution in [0.1, 0.15) is 27.5 Å². The number of nitrogens with zero attached hydrogens (tertiary/aromatic N) is 3. The zero-order valence-corrected chi connectivity index (χ0v) is 17.9. The molecule has 7 heteroatoms. The molecule has 0 aliphatic carbocycles. The first-order valence-electron chi connectivity index (χ1n) is 10.5. The molecule has 1 fully saturated rings. The average molecular weight is 431 g/mol. The van der Waals surface area contributed by atoms with Crippen LogP contribution in [0.5, 0.6) is 5.75 Å². The van der Waals surface area contributed by atoms with Crippen molar-refractivity contribution in [2.24, 2.45) is 0 Å². The number of amides is 1. The molecule has 164 valence electrons. The van der Waals surface area contributed by atoms with E-state index in [-0.39, 0.29) is 23.4 Å². The summed E-state index contributed by atoms with van der Waals surface area (Å²) in [4.78, 5) is 28.0. The summed E-state index contributed by atoms with van der Waals surface area (Å²) in [6, 6.07) is 25.2. The highest BCUT2D eigenvalue weighted by Crippen LogP contribution is 2.31. The van der Waals surface area contributed by atoms with Crippen LogP contribution >= 0.6 is 0 Å². The maximum absolute atomic E-state index is 13.0. The normalized spacial score (nSPS) is 14.4. The van der Waals surface area contributed by atoms with Gasteiger partial charge in [0, 0.05) is 37.8 Å². The Kier molecular flexibility index (Phi) is 6.47. The van der Waals surface area contributed by atoms with Crippen molar-refractivity contribution in [1.82, 2.24) is 9.80 Å². The molecule has 0 spiro atoms. The van der Waals surface area contributed by atoms with Gasteiger partial charge in [-0.3, -0.25) is 19.8 Å². The minimum absolute atomic E-state index is 0.108. The van der Waals surface area contributed by atoms with E-state index in [2.05, 4.69) is 29.2 Å². The van der Waals surface area contributed by atoms with Crippen molar-refractivity contribution in [2.75, 3.05) is 33.3 Å². The van der Waals surface area contributed by atoms with Crippen molar-refractivity contribution in [3.05, 3.63) is 106 Å². The van der Waals surface area contributed by atoms with Gasteiger partial charge in [0.05, 0.1) is 18.1 Å². The second-order valence-corrected chi connectivity index (χ2v) is 7.70. The molecular weight excluding hydrogens is 406 g/mol. The van der Waals surface area contributed by atoms with Gasteiger partial charge in [-0.1, -0.05) is 60.7 Å². The molecule has 7 nitrogen and oxygen atoms in total. The molecule has 0 radical (unpaired) electrons. The lowest BCUT2D eigenvalue weighted by Crippen LogP contribution is -2.49. The van der Waals surface area contributed by atoms with Crippen molar-refractivity contribution >= 4 is 11.6 Å². The van der Waals surface area contributed by atoms with Crippen molar-refractivity contribution in [1.29, 1.82) is 0 Å². The first-order chi connectivity index (χ1) is 15.6. The van der Waals surface area contributed by atoms with Crippen LogP contribution in [0.3, 0.4) is 0 Å². The molecule has 3 aromatic rings. The molecule has 1 aliphatic heterocycles. The van der Waals surface area contributed by atoms with Crippen LogP contribution in [-0.2, 0) is 0 Å². The summed E-state index contributed by atoms with van der Waals surface area (Å²) in [5.74, 6) is -0.0590. The maximum Gasteiger partial charge on any atom is 0.311 e. The second kappa shape index (κ2) is 9.62. The molecule has 0 saturated carbocycles. The predicted octanol–water partition coefficient (Wildman–Crippen LogP) is 4.15. The number of carbonyl (C=O) groups is 1. The van der Waals surface area contributed by atoms with Crippen molar-refractivity contribution < 1.29 is 14.5 Å². The molecule has 1 saturated heterocycles. The quantitative estimate of drug-likeness (QED) is 0.433. The molecule has 1 aliphatic rings. The van der Waals surface area contributed by atoms with E-state index in [1.807, 2.05) is 36.4 Å². The molecule has 0 unspecified atom stereocenters. The van der Waals surface area contributed by atoms with Crippen LogP contribution in [0.25, 0.3) is 0 Å². The third-order valence-corrected chi connectivity index (χ3v) is 5.82. The molecule has 0 atom stereocenters. The van der Waals surface area contributed by atoms with Crippen molar-refractivity contribution in [2.45, 2.75) is 6.04 Å². The lowest BCUT2D eigenvalue weighted by atomic mass is 9.96. The molecular formula is C25H25N3O4. The minimum Gasteiger partial charge on any atom is -0.490 e. The zero-order chi connectivity index (χ0) is 22.5. The molecule has 3 aromatic carbocycles. The van der Waals surface area contributed by atoms with Crippen LogP contribution in [0, 0.1) is 10.1 Å². The Bertz CT molecular complexity index is 1040. The van der Waals surface area contributed by atoms with Crippen LogP contribution in [0.15, 0.2) is 78.9 Å². The lowest BCUT2D eigenvalue weighted by Gasteiger charge is -2.39. The van der Waals surface area contributed by atoms with Gasteiger partial charge >= 0.3 is 5.69 Å². The van der Waals surface area contributed by atoms with Gasteiger partial charge in [0.2, 0.25) is 0 Å². The number of nitro benzene ring substituents is 1. The summed E-state index contributed by atoms with van der Waals surface area (Å²) in [7, 11) is 1.37. The Morgan fingerprint density at radius 3 is 1.97 bits per heavy atom. The summed E-state index contributed by atoms with van der Waals surface area (Å²) < 4.78 is 5.04. The first-order valence-corrected chi connectivity index (χ1v) is 10.5. The lowest BCUT2D eigenvalue weighted by molar-refractivity contribution is -0.385. The zero-order valence-electron chi connectivity index (χ0n) is 17.9. The van der Waals surface area contributed by atoms with Crippen LogP contribution < -0.4 is 4.74 Å². The molecule has 0 N–H and O–H groups in total. The Labute approximate surface area is 187 Å². The molecule has 32 heavy (non-hydrogen) atoms. The number of benzene rings is 3. The number of ether oxygens (including phenoxy) is 1. The maximum atomic E-state index is 13.0. The van der Waals surface area contributed by atoms with Crippen LogP contribution in [0.2, 0.25) is 0 Å². The number of hydrogen-bond donors (Lipinski definition) is 0. The number of rotatable bonds is 6. The number of carbonyl (C=O) groups excluding carboxylic acids is 1. The molecule has 0 bridgehead atoms. The van der Waals surface area contributed by atoms with Crippen molar-refractivity contribution in [3.8, 4) is 5.75 Å². The third kappa shape index (κ3) is 4.48. The van der Waals surface area contributed by atoms with Gasteiger partial charge in [-0.05, 0) is 23.3 Å². The average Bonchev–Trinajstić information content (AvgIpc) is 2.85. The van der Waals surface area contributed by atoms with Gasteiger partial charge in [0.15, 0.2) is 5.75 Å². The van der Waals surface area contributed by atoms with E-state index in [9.17, 15) is 14.9 Å². The topological polar surface area (TPSA) is 75.9 Å². The van der Waals surface area contributed by atoms with Gasteiger partial charge in [-0.2, -0.15) is 0 Å². The first kappa shape index (κ1) is 21.5. The molecule has 1 heterocycles. The number of piperazine rings is 1. The van der Waals surface area contributed by atoms with Gasteiger partial charge in [-0.25, -0.2) is 0 Å². The monoisotopic (exact) mass is 431 g/mol. The summed E-state index contributed by atoms with van der Waals surface area (Å²) in [5, 5.41) is 11.3. The van der Waals surface area contributed by atoms with E-state index >= 15 is 0 Å². The Morgan fingerprint density at radius 1 is 0.906 bits per heavy atom. The Morgan fingerprint density at radius 2 is 1.47 bits per heavy atom. The largest absolute Gasteiger partial charge is 0.490 e. The molecule has 0 aromatic heterocycles. The summed E-state index contributed by atoms with van der Waals surface area (Å²) in [5.41, 5.74) is 2.52. The number of hydrogen-bond acceptors (Lipinski definition) is 5. The fraction of sp³-hybridized carbons (Fsp3) is 0.240. The molecule has 1 amide bonds. The standard InChI is InChI=1S/C25H25N3O4/c1-32-23-13-12-21(18-22(23)28(30)31)25(29)27-16-14-26(15-17-27)24(19-8-4-2-5-9-19)20-10-6-3-7-11-20/h2-13,18,24H,14-17H2,1H3. The Balaban J connectivity index is 1.51. The second-order valence-electron chi connectivity index (χ2n) is 7.70. The smallest absolute Gasteiger partial charge is 0.311 e. The SMILES string of the molecule is COc1ccc(C(=O)N2CCN(C(c3ccccc3)c3ccccc3)CC2)cc1[N+](=O)[O-]. The Hall–Kier alpha value is -3.71. The summed E-state index contributed by atoms with van der Waals surface area (Å²) in [6.45, 7) is 2.51. The fourth-order valence-corrected chi connectivity index (χ4v) is 4.22. The van der Waals surface area contributed by atoms with E-state index in [0.717, 1.165) is 0 Å². The summed E-state index contributed by atoms with van der Waals surface area (Å²) in [6.07, 6.45) is 0. The third-order valence-electron chi connectivity index (χ3n) is 5.82. The number of nitro groups is 1. The van der Waals surface area contributed by atoms with Crippen molar-refractivity contribution in [3.63, 3.8) is 0 Å². The minimum atomic E-state index is -0.530. The molecule has 4 rings (SSSR count). The van der Waals surface area contributed by atoms with E-state index < -0.39 is 4.92 Å². The van der Waals surface area contributed by atoms with E-state index in [1.54, 1.807) is 11.0 Å². The van der Waals surface area contributed by atoms with Crippen LogP contribution in [-0.4, -0.2) is 53.9 Å². The highest BCUT2D eigenvalue weighted by atomic mass is 16.6. The van der Waals surface area contributed by atoms with Gasteiger partial charge in [0.1, 0.15) is 0 Å². The van der Waals surface area contributed by atoms with Crippen LogP contribution in [0.4, 0.5) is 5.69 Å². The van der Waals surface area contributed by atoms with E-state index in [4.69, 9.17) is 4.74 Å². The fourth-order valence-electron chi connectivity index (χ4n) is 4.22.